The van der Waals surface area contributed by atoms with E-state index in [-0.39, 0.29) is 11.7 Å². The first kappa shape index (κ1) is 20.9. The number of benzene rings is 1. The zero-order chi connectivity index (χ0) is 21.1. The molecule has 1 unspecified atom stereocenters. The summed E-state index contributed by atoms with van der Waals surface area (Å²) in [6, 6.07) is 8.04. The molecule has 2 aliphatic rings. The molecule has 30 heavy (non-hydrogen) atoms. The van der Waals surface area contributed by atoms with Gasteiger partial charge in [0.1, 0.15) is 0 Å². The zero-order valence-corrected chi connectivity index (χ0v) is 19.6. The second-order valence-corrected chi connectivity index (χ2v) is 9.83. The van der Waals surface area contributed by atoms with Crippen LogP contribution in [0.5, 0.6) is 0 Å². The van der Waals surface area contributed by atoms with E-state index in [1.54, 1.807) is 23.8 Å². The van der Waals surface area contributed by atoms with Gasteiger partial charge in [-0.1, -0.05) is 0 Å². The molecule has 9 heteroatoms. The number of aromatic nitrogens is 2. The molecule has 2 saturated heterocycles. The van der Waals surface area contributed by atoms with Crippen LogP contribution >= 0.6 is 0 Å². The van der Waals surface area contributed by atoms with E-state index >= 15 is 0 Å². The Hall–Kier alpha value is -2.34. The number of carbonyl (C=O) groups is 1. The summed E-state index contributed by atoms with van der Waals surface area (Å²) in [5.74, 6) is 0.539. The molecule has 1 aromatic heterocycles. The van der Waals surface area contributed by atoms with Crippen LogP contribution in [-0.2, 0) is 4.79 Å². The molecule has 0 saturated carbocycles. The molecule has 0 aliphatic carbocycles. The number of amides is 1. The molecule has 1 amide bonds. The van der Waals surface area contributed by atoms with E-state index in [9.17, 15) is 9.18 Å². The first-order chi connectivity index (χ1) is 14.5. The van der Waals surface area contributed by atoms with E-state index < -0.39 is 0 Å². The van der Waals surface area contributed by atoms with E-state index in [0.29, 0.717) is 11.8 Å². The quantitative estimate of drug-likeness (QED) is 0.685. The third-order valence-electron chi connectivity index (χ3n) is 5.78. The fraction of sp³-hybridized carbons (Fsp3) is 0.476. The van der Waals surface area contributed by atoms with Gasteiger partial charge in [0.2, 0.25) is 5.91 Å². The van der Waals surface area contributed by atoms with Crippen molar-refractivity contribution in [1.82, 2.24) is 14.9 Å². The first-order valence-corrected chi connectivity index (χ1v) is 11.8. The predicted octanol–water partition coefficient (Wildman–Crippen LogP) is 2.05. The normalized spacial score (nSPS) is 17.9. The molecule has 160 valence electrons. The van der Waals surface area contributed by atoms with Crippen molar-refractivity contribution in [2.45, 2.75) is 24.5 Å². The van der Waals surface area contributed by atoms with Crippen LogP contribution in [0.3, 0.4) is 0 Å². The number of anilines is 4. The van der Waals surface area contributed by atoms with Gasteiger partial charge in [-0.3, -0.25) is 4.79 Å². The average molecular weight is 474 g/mol. The molecular weight excluding hydrogens is 446 g/mol. The van der Waals surface area contributed by atoms with Crippen molar-refractivity contribution < 1.29 is 9.18 Å². The Morgan fingerprint density at radius 1 is 1.07 bits per heavy atom. The molecule has 0 spiro atoms. The summed E-state index contributed by atoms with van der Waals surface area (Å²) < 4.78 is 15.0. The molecule has 0 radical (unpaired) electrons. The van der Waals surface area contributed by atoms with Gasteiger partial charge in [0.05, 0.1) is 0 Å². The third-order valence-corrected chi connectivity index (χ3v) is 7.18. The van der Waals surface area contributed by atoms with Crippen LogP contribution < -0.4 is 15.1 Å². The van der Waals surface area contributed by atoms with Crippen molar-refractivity contribution in [2.24, 2.45) is 0 Å². The fourth-order valence-electron chi connectivity index (χ4n) is 3.92. The largest absolute Gasteiger partial charge is 0.0381 e. The van der Waals surface area contributed by atoms with Crippen molar-refractivity contribution in [3.05, 3.63) is 36.3 Å². The maximum atomic E-state index is 14.3. The molecule has 3 heterocycles. The molecule has 1 aromatic carbocycles. The topological polar surface area (TPSA) is 64.6 Å². The minimum absolute atomic E-state index is 0.132. The van der Waals surface area contributed by atoms with Crippen molar-refractivity contribution in [2.75, 3.05) is 54.4 Å². The number of hydrogen-bond acceptors (Lipinski definition) is 6. The van der Waals surface area contributed by atoms with Gasteiger partial charge in [-0.25, -0.2) is 0 Å². The van der Waals surface area contributed by atoms with Gasteiger partial charge in [-0.05, 0) is 0 Å². The number of piperidine rings is 1. The van der Waals surface area contributed by atoms with Crippen molar-refractivity contribution in [1.29, 1.82) is 0 Å². The van der Waals surface area contributed by atoms with Gasteiger partial charge in [0, 0.05) is 33.1 Å². The van der Waals surface area contributed by atoms with Gasteiger partial charge in [-0.15, -0.1) is 0 Å². The molecule has 2 aromatic rings. The standard InChI is InChI=1S/C21H28AsFN6O/c1-15(30)27-10-12-28(13-11-27)18-4-2-17(3-5-18)25-21-24-14-19(23)20(26-21)29-8-6-16(22)7-9-29/h2-5,14,16H,6-13,22H2,1H3,(H,24,25,26). The Labute approximate surface area is 185 Å². The molecule has 4 rings (SSSR count). The molecule has 1 N–H and O–H groups in total. The second-order valence-electron chi connectivity index (χ2n) is 7.85. The summed E-state index contributed by atoms with van der Waals surface area (Å²) in [7, 11) is 0. The summed E-state index contributed by atoms with van der Waals surface area (Å²) in [5.41, 5.74) is 1.97. The van der Waals surface area contributed by atoms with Crippen LogP contribution in [0, 0.1) is 5.82 Å². The number of rotatable bonds is 4. The van der Waals surface area contributed by atoms with Gasteiger partial charge in [0.25, 0.3) is 0 Å². The zero-order valence-electron chi connectivity index (χ0n) is 17.2. The van der Waals surface area contributed by atoms with E-state index in [1.807, 2.05) is 34.1 Å². The SMILES string of the molecule is CC(=O)N1CCN(c2ccc(Nc3ncc(F)c(N4CCC([AsH2])CC4)n3)cc2)CC1. The fourth-order valence-corrected chi connectivity index (χ4v) is 4.54. The molecule has 1 atom stereocenters. The minimum Gasteiger partial charge on any atom is 0.0355 e. The minimum atomic E-state index is -0.374. The number of nitrogens with one attached hydrogen (secondary N) is 1. The van der Waals surface area contributed by atoms with E-state index in [2.05, 4.69) is 20.2 Å². The first-order valence-electron chi connectivity index (χ1n) is 10.4. The van der Waals surface area contributed by atoms with Crippen LogP contribution in [0.4, 0.5) is 27.5 Å². The van der Waals surface area contributed by atoms with Crippen molar-refractivity contribution in [3.63, 3.8) is 0 Å². The van der Waals surface area contributed by atoms with Gasteiger partial charge in [-0.2, -0.15) is 0 Å². The molecule has 2 aliphatic heterocycles. The predicted molar refractivity (Wildman–Crippen MR) is 120 cm³/mol. The maximum absolute atomic E-state index is 14.3. The van der Waals surface area contributed by atoms with Gasteiger partial charge >= 0.3 is 131 Å². The number of nitrogens with zero attached hydrogens (tertiary/aromatic N) is 5. The average Bonchev–Trinajstić information content (AvgIpc) is 2.76. The summed E-state index contributed by atoms with van der Waals surface area (Å²) in [6.07, 6.45) is 3.40. The molecule has 7 nitrogen and oxygen atoms in total. The van der Waals surface area contributed by atoms with E-state index in [4.69, 9.17) is 0 Å². The van der Waals surface area contributed by atoms with E-state index in [1.165, 1.54) is 6.20 Å². The Morgan fingerprint density at radius 2 is 1.73 bits per heavy atom. The maximum Gasteiger partial charge on any atom is 0.0381 e. The van der Waals surface area contributed by atoms with Gasteiger partial charge < -0.3 is 9.80 Å². The molecular formula is C21H28AsFN6O. The van der Waals surface area contributed by atoms with Crippen molar-refractivity contribution in [3.8, 4) is 0 Å². The molecule has 2 fully saturated rings. The van der Waals surface area contributed by atoms with Gasteiger partial charge in [0.15, 0.2) is 0 Å². The molecule has 0 bridgehead atoms. The Kier molecular flexibility index (Phi) is 6.42. The monoisotopic (exact) mass is 474 g/mol. The smallest absolute Gasteiger partial charge is 0.0355 e. The number of halogens is 1. The summed E-state index contributed by atoms with van der Waals surface area (Å²) >= 11 is 1.77. The Morgan fingerprint density at radius 3 is 2.37 bits per heavy atom. The van der Waals surface area contributed by atoms with Crippen molar-refractivity contribution >= 4 is 45.9 Å². The number of piperazine rings is 1. The van der Waals surface area contributed by atoms with Crippen LogP contribution in [-0.4, -0.2) is 76.9 Å². The van der Waals surface area contributed by atoms with Crippen LogP contribution in [0.25, 0.3) is 0 Å². The van der Waals surface area contributed by atoms with Crippen LogP contribution in [0.15, 0.2) is 30.5 Å². The Bertz CT molecular complexity index is 880. The van der Waals surface area contributed by atoms with E-state index in [0.717, 1.165) is 68.2 Å². The second kappa shape index (κ2) is 9.21. The number of carbonyl (C=O) groups excluding carboxylic acids is 1. The summed E-state index contributed by atoms with van der Waals surface area (Å²) in [4.78, 5) is 26.2. The summed E-state index contributed by atoms with van der Waals surface area (Å²) in [5, 5.41) is 3.19. The summed E-state index contributed by atoms with van der Waals surface area (Å²) in [6.45, 7) is 6.43. The van der Waals surface area contributed by atoms with Crippen LogP contribution in [0.1, 0.15) is 19.8 Å². The Balaban J connectivity index is 1.40. The van der Waals surface area contributed by atoms with Crippen LogP contribution in [0.2, 0.25) is 4.71 Å². The number of hydrogen-bond donors (Lipinski definition) is 1. The third kappa shape index (κ3) is 4.86.